The van der Waals surface area contributed by atoms with Gasteiger partial charge in [-0.05, 0) is 47.5 Å². The second-order valence-corrected chi connectivity index (χ2v) is 16.1. The first-order chi connectivity index (χ1) is 24.7. The Labute approximate surface area is 299 Å². The van der Waals surface area contributed by atoms with E-state index < -0.39 is 15.6 Å². The fraction of sp³-hybridized carbons (Fsp3) is 0.114. The Morgan fingerprint density at radius 3 is 1.07 bits per heavy atom. The number of imidazole rings is 2. The van der Waals surface area contributed by atoms with Gasteiger partial charge in [0, 0.05) is 0 Å². The molecule has 54 heavy (non-hydrogen) atoms. The van der Waals surface area contributed by atoms with E-state index in [0.29, 0.717) is 0 Å². The van der Waals surface area contributed by atoms with Crippen LogP contribution in [-0.4, -0.2) is 14.1 Å². The normalized spacial score (nSPS) is 14.4. The van der Waals surface area contributed by atoms with Crippen LogP contribution < -0.4 is 9.13 Å². The molecule has 3 heterocycles. The molecule has 0 saturated heterocycles. The molecule has 0 aliphatic rings. The van der Waals surface area contributed by atoms with Crippen molar-refractivity contribution in [3.63, 3.8) is 0 Å². The second kappa shape index (κ2) is 13.4. The number of rotatable bonds is 8. The van der Waals surface area contributed by atoms with E-state index in [1.807, 2.05) is 0 Å². The average molecular weight is 812 g/mol. The molecular weight excluding hydrogens is 780 g/mol. The number of nitrogens with zero attached hydrogens (tertiary/aromatic N) is 5. The molecule has 0 spiro atoms. The number of pyridine rings is 1. The van der Waals surface area contributed by atoms with Crippen molar-refractivity contribution in [2.45, 2.75) is 26.2 Å². The molecule has 0 unspecified atom stereocenters. The van der Waals surface area contributed by atoms with Gasteiger partial charge in [-0.15, -0.1) is 0 Å². The Balaban J connectivity index is 0.000000342. The van der Waals surface area contributed by atoms with E-state index in [-0.39, 0.29) is 0 Å². The standard InChI is InChI=1S/C35H31N5.2F6P/c1-3-12-28(13-4-1)22-37-26-39(34-20-9-7-18-32(34)37)24-30-16-11-17-31(36-30)25-40-27-38(23-29-14-5-2-6-15-29)33-19-8-10-21-35(33)40;2*1-7(2,3,4,5)6/h1-21,26-27H,22-25H2;;/q+2;2*-1. The SMILES string of the molecule is F[P-](F)(F)(F)(F)F.F[P-](F)(F)(F)(F)F.c1ccc(C[n+]2cn(Cc3cccc(Cn4c[n+](Cc5ccccc5)c5ccccc54)n3)c3ccccc32)cc1. The Morgan fingerprint density at radius 2 is 0.722 bits per heavy atom. The van der Waals surface area contributed by atoms with Gasteiger partial charge >= 0.3 is 66.0 Å². The van der Waals surface area contributed by atoms with E-state index in [1.165, 1.54) is 33.2 Å². The summed E-state index contributed by atoms with van der Waals surface area (Å²) < 4.78 is 128. The Hall–Kier alpha value is -5.01. The Bertz CT molecular complexity index is 2190. The summed E-state index contributed by atoms with van der Waals surface area (Å²) >= 11 is 0. The maximum Gasteiger partial charge on any atom is 0.245 e. The van der Waals surface area contributed by atoms with E-state index in [4.69, 9.17) is 4.98 Å². The van der Waals surface area contributed by atoms with Crippen LogP contribution in [0.4, 0.5) is 50.4 Å². The van der Waals surface area contributed by atoms with Gasteiger partial charge in [0.1, 0.15) is 26.2 Å². The van der Waals surface area contributed by atoms with Gasteiger partial charge in [0.25, 0.3) is 0 Å². The van der Waals surface area contributed by atoms with Crippen molar-refractivity contribution >= 4 is 37.7 Å². The number of hydrogen-bond donors (Lipinski definition) is 0. The summed E-state index contributed by atoms with van der Waals surface area (Å²) in [4.78, 5) is 5.10. The maximum atomic E-state index is 9.87. The van der Waals surface area contributed by atoms with E-state index in [2.05, 4.69) is 158 Å². The van der Waals surface area contributed by atoms with Gasteiger partial charge in [-0.1, -0.05) is 91.0 Å². The molecule has 0 N–H and O–H groups in total. The number of aromatic nitrogens is 5. The van der Waals surface area contributed by atoms with Crippen LogP contribution in [0.1, 0.15) is 22.5 Å². The van der Waals surface area contributed by atoms with Crippen molar-refractivity contribution < 1.29 is 59.5 Å². The third kappa shape index (κ3) is 14.4. The number of hydrogen-bond acceptors (Lipinski definition) is 1. The first-order valence-electron chi connectivity index (χ1n) is 15.8. The molecule has 19 heteroatoms. The molecule has 0 atom stereocenters. The quantitative estimate of drug-likeness (QED) is 0.0854. The summed E-state index contributed by atoms with van der Waals surface area (Å²) in [5, 5.41) is 0. The van der Waals surface area contributed by atoms with Crippen LogP contribution in [0.25, 0.3) is 22.1 Å². The monoisotopic (exact) mass is 811 g/mol. The minimum atomic E-state index is -10.7. The summed E-state index contributed by atoms with van der Waals surface area (Å²) in [5.41, 5.74) is 9.57. The van der Waals surface area contributed by atoms with Crippen LogP contribution in [0, 0.1) is 0 Å². The van der Waals surface area contributed by atoms with Gasteiger partial charge < -0.3 is 0 Å². The summed E-state index contributed by atoms with van der Waals surface area (Å²) in [6.45, 7) is 3.12. The number of halogens is 12. The van der Waals surface area contributed by atoms with Gasteiger partial charge in [0.2, 0.25) is 12.7 Å². The van der Waals surface area contributed by atoms with E-state index in [1.54, 1.807) is 0 Å². The minimum absolute atomic E-state index is 0.719. The van der Waals surface area contributed by atoms with E-state index >= 15 is 0 Å². The minimum Gasteiger partial charge on any atom is -0.250 e. The van der Waals surface area contributed by atoms with Gasteiger partial charge in [0.05, 0.1) is 11.4 Å². The zero-order chi connectivity index (χ0) is 39.5. The molecule has 0 saturated carbocycles. The van der Waals surface area contributed by atoms with Crippen LogP contribution in [0.3, 0.4) is 0 Å². The summed E-state index contributed by atoms with van der Waals surface area (Å²) in [6, 6.07) is 44.8. The molecule has 5 nitrogen and oxygen atoms in total. The largest absolute Gasteiger partial charge is 0.250 e. The second-order valence-electron chi connectivity index (χ2n) is 12.2. The van der Waals surface area contributed by atoms with Crippen molar-refractivity contribution in [1.82, 2.24) is 14.1 Å². The van der Waals surface area contributed by atoms with Crippen LogP contribution >= 0.6 is 15.6 Å². The number of benzene rings is 4. The molecule has 0 fully saturated rings. The number of para-hydroxylation sites is 4. The zero-order valence-electron chi connectivity index (χ0n) is 27.8. The molecule has 0 bridgehead atoms. The molecular formula is C35H31F12N5P2. The first kappa shape index (κ1) is 40.2. The summed E-state index contributed by atoms with van der Waals surface area (Å²) in [5.74, 6) is 0. The predicted octanol–water partition coefficient (Wildman–Crippen LogP) is 12.5. The average Bonchev–Trinajstić information content (AvgIpc) is 3.56. The molecule has 7 aromatic rings. The smallest absolute Gasteiger partial charge is 0.245 e. The Morgan fingerprint density at radius 1 is 0.407 bits per heavy atom. The van der Waals surface area contributed by atoms with Crippen LogP contribution in [-0.2, 0) is 26.2 Å². The predicted molar refractivity (Wildman–Crippen MR) is 185 cm³/mol. The third-order valence-electron chi connectivity index (χ3n) is 7.48. The fourth-order valence-electron chi connectivity index (χ4n) is 5.60. The van der Waals surface area contributed by atoms with E-state index in [0.717, 1.165) is 37.6 Å². The Kier molecular flexibility index (Phi) is 9.96. The van der Waals surface area contributed by atoms with Crippen molar-refractivity contribution in [3.8, 4) is 0 Å². The molecule has 290 valence electrons. The van der Waals surface area contributed by atoms with Crippen molar-refractivity contribution in [3.05, 3.63) is 163 Å². The van der Waals surface area contributed by atoms with E-state index in [9.17, 15) is 50.4 Å². The first-order valence-corrected chi connectivity index (χ1v) is 19.9. The summed E-state index contributed by atoms with van der Waals surface area (Å²) in [6.07, 6.45) is 4.44. The molecule has 7 rings (SSSR count). The van der Waals surface area contributed by atoms with Gasteiger partial charge in [-0.2, -0.15) is 0 Å². The van der Waals surface area contributed by atoms with Crippen molar-refractivity contribution in [1.29, 1.82) is 0 Å². The molecule has 0 radical (unpaired) electrons. The molecule has 3 aromatic heterocycles. The number of fused-ring (bicyclic) bond motifs is 2. The van der Waals surface area contributed by atoms with Crippen LogP contribution in [0.2, 0.25) is 0 Å². The van der Waals surface area contributed by atoms with Gasteiger partial charge in [-0.25, -0.2) is 23.3 Å². The zero-order valence-corrected chi connectivity index (χ0v) is 29.6. The topological polar surface area (TPSA) is 30.5 Å². The fourth-order valence-corrected chi connectivity index (χ4v) is 5.60. The molecule has 0 amide bonds. The molecule has 4 aromatic carbocycles. The third-order valence-corrected chi connectivity index (χ3v) is 7.48. The van der Waals surface area contributed by atoms with Crippen LogP contribution in [0.5, 0.6) is 0 Å². The van der Waals surface area contributed by atoms with Gasteiger partial charge in [0.15, 0.2) is 22.1 Å². The van der Waals surface area contributed by atoms with Gasteiger partial charge in [-0.3, -0.25) is 0 Å². The van der Waals surface area contributed by atoms with Crippen molar-refractivity contribution in [2.24, 2.45) is 0 Å². The summed E-state index contributed by atoms with van der Waals surface area (Å²) in [7, 11) is -21.3. The van der Waals surface area contributed by atoms with Crippen LogP contribution in [0.15, 0.2) is 140 Å². The maximum absolute atomic E-state index is 10.7. The van der Waals surface area contributed by atoms with Crippen molar-refractivity contribution in [2.75, 3.05) is 0 Å². The molecule has 0 aliphatic carbocycles. The molecule has 0 aliphatic heterocycles.